The molecule has 2 rings (SSSR count). The molecule has 1 N–H and O–H groups in total. The molecule has 0 amide bonds. The number of hydrogen-bond donors (Lipinski definition) is 1. The lowest BCUT2D eigenvalue weighted by molar-refractivity contribution is 0.546. The van der Waals surface area contributed by atoms with Gasteiger partial charge in [0.2, 0.25) is 0 Å². The molecule has 1 aromatic heterocycles. The maximum Gasteiger partial charge on any atom is 0.0832 e. The van der Waals surface area contributed by atoms with Crippen molar-refractivity contribution in [2.24, 2.45) is 5.92 Å². The summed E-state index contributed by atoms with van der Waals surface area (Å²) in [4.78, 5) is 0. The van der Waals surface area contributed by atoms with Crippen molar-refractivity contribution in [1.29, 1.82) is 0 Å². The van der Waals surface area contributed by atoms with Crippen LogP contribution in [0.5, 0.6) is 0 Å². The van der Waals surface area contributed by atoms with Crippen molar-refractivity contribution < 1.29 is 0 Å². The maximum absolute atomic E-state index is 6.21. The Morgan fingerprint density at radius 1 is 1.37 bits per heavy atom. The van der Waals surface area contributed by atoms with Crippen molar-refractivity contribution >= 4 is 27.5 Å². The van der Waals surface area contributed by atoms with Gasteiger partial charge in [-0.15, -0.1) is 0 Å². The molecule has 19 heavy (non-hydrogen) atoms. The zero-order valence-electron chi connectivity index (χ0n) is 11.0. The second kappa shape index (κ2) is 6.55. The zero-order valence-corrected chi connectivity index (χ0v) is 13.4. The van der Waals surface area contributed by atoms with Crippen LogP contribution in [0.25, 0.3) is 5.69 Å². The van der Waals surface area contributed by atoms with E-state index in [4.69, 9.17) is 11.6 Å². The van der Waals surface area contributed by atoms with E-state index in [9.17, 15) is 0 Å². The van der Waals surface area contributed by atoms with Crippen LogP contribution >= 0.6 is 27.5 Å². The fourth-order valence-electron chi connectivity index (χ4n) is 1.75. The number of nitrogens with zero attached hydrogens (tertiary/aromatic N) is 2. The molecule has 1 aromatic carbocycles. The van der Waals surface area contributed by atoms with Gasteiger partial charge in [-0.1, -0.05) is 41.4 Å². The van der Waals surface area contributed by atoms with Crippen molar-refractivity contribution in [3.8, 4) is 5.69 Å². The Morgan fingerprint density at radius 3 is 2.84 bits per heavy atom. The Kier molecular flexibility index (Phi) is 5.02. The molecule has 0 fully saturated rings. The van der Waals surface area contributed by atoms with E-state index < -0.39 is 0 Å². The van der Waals surface area contributed by atoms with Crippen LogP contribution in [0.4, 0.5) is 0 Å². The molecular formula is C14H17BrClN3. The van der Waals surface area contributed by atoms with Crippen molar-refractivity contribution in [3.05, 3.63) is 45.7 Å². The molecule has 0 aliphatic heterocycles. The molecule has 0 radical (unpaired) electrons. The van der Waals surface area contributed by atoms with Crippen molar-refractivity contribution in [3.63, 3.8) is 0 Å². The van der Waals surface area contributed by atoms with Gasteiger partial charge < -0.3 is 5.32 Å². The van der Waals surface area contributed by atoms with Crippen molar-refractivity contribution in [2.45, 2.75) is 20.4 Å². The van der Waals surface area contributed by atoms with E-state index in [0.717, 1.165) is 28.9 Å². The molecule has 0 unspecified atom stereocenters. The first kappa shape index (κ1) is 14.6. The minimum absolute atomic E-state index is 0.642. The van der Waals surface area contributed by atoms with E-state index in [1.165, 1.54) is 0 Å². The van der Waals surface area contributed by atoms with E-state index in [1.807, 2.05) is 30.5 Å². The van der Waals surface area contributed by atoms with Crippen LogP contribution < -0.4 is 5.32 Å². The smallest absolute Gasteiger partial charge is 0.0832 e. The quantitative estimate of drug-likeness (QED) is 0.889. The Labute approximate surface area is 127 Å². The maximum atomic E-state index is 6.21. The lowest BCUT2D eigenvalue weighted by Crippen LogP contribution is -2.19. The van der Waals surface area contributed by atoms with Gasteiger partial charge in [0, 0.05) is 17.2 Å². The summed E-state index contributed by atoms with van der Waals surface area (Å²) in [7, 11) is 0. The van der Waals surface area contributed by atoms with Crippen LogP contribution in [-0.4, -0.2) is 16.3 Å². The second-order valence-corrected chi connectivity index (χ2v) is 6.20. The van der Waals surface area contributed by atoms with E-state index in [2.05, 4.69) is 40.2 Å². The van der Waals surface area contributed by atoms with Crippen LogP contribution in [0.2, 0.25) is 5.02 Å². The summed E-state index contributed by atoms with van der Waals surface area (Å²) in [6, 6.07) is 7.78. The molecule has 2 aromatic rings. The number of hydrogen-bond acceptors (Lipinski definition) is 2. The molecule has 0 saturated heterocycles. The molecule has 0 aliphatic carbocycles. The van der Waals surface area contributed by atoms with Gasteiger partial charge in [0.05, 0.1) is 16.4 Å². The van der Waals surface area contributed by atoms with Gasteiger partial charge in [0.1, 0.15) is 0 Å². The van der Waals surface area contributed by atoms with E-state index in [-0.39, 0.29) is 0 Å². The molecule has 0 saturated carbocycles. The summed E-state index contributed by atoms with van der Waals surface area (Å²) < 4.78 is 2.77. The third-order valence-corrected chi connectivity index (χ3v) is 3.46. The standard InChI is InChI=1S/C14H17BrClN3/c1-10(2)8-17-9-12-5-6-19(18-12)14-4-3-11(15)7-13(14)16/h3-7,10,17H,8-9H2,1-2H3. The van der Waals surface area contributed by atoms with Gasteiger partial charge in [-0.3, -0.25) is 0 Å². The Morgan fingerprint density at radius 2 is 2.16 bits per heavy atom. The molecule has 102 valence electrons. The Balaban J connectivity index is 2.08. The number of halogens is 2. The largest absolute Gasteiger partial charge is 0.311 e. The predicted molar refractivity (Wildman–Crippen MR) is 82.8 cm³/mol. The Bertz CT molecular complexity index is 551. The highest BCUT2D eigenvalue weighted by Crippen LogP contribution is 2.24. The summed E-state index contributed by atoms with van der Waals surface area (Å²) in [5.41, 5.74) is 1.90. The Hall–Kier alpha value is -0.840. The molecule has 1 heterocycles. The first-order chi connectivity index (χ1) is 9.06. The minimum Gasteiger partial charge on any atom is -0.311 e. The highest BCUT2D eigenvalue weighted by atomic mass is 79.9. The summed E-state index contributed by atoms with van der Waals surface area (Å²) in [5.74, 6) is 0.642. The van der Waals surface area contributed by atoms with Gasteiger partial charge in [0.15, 0.2) is 0 Å². The average Bonchev–Trinajstić information content (AvgIpc) is 2.77. The van der Waals surface area contributed by atoms with Gasteiger partial charge in [-0.05, 0) is 36.7 Å². The summed E-state index contributed by atoms with van der Waals surface area (Å²) in [6.07, 6.45) is 1.93. The number of nitrogens with one attached hydrogen (secondary N) is 1. The fraction of sp³-hybridized carbons (Fsp3) is 0.357. The zero-order chi connectivity index (χ0) is 13.8. The van der Waals surface area contributed by atoms with E-state index in [0.29, 0.717) is 10.9 Å². The third kappa shape index (κ3) is 4.06. The van der Waals surface area contributed by atoms with Crippen LogP contribution in [0.1, 0.15) is 19.5 Å². The molecule has 0 bridgehead atoms. The molecule has 3 nitrogen and oxygen atoms in total. The SMILES string of the molecule is CC(C)CNCc1ccn(-c2ccc(Br)cc2Cl)n1. The average molecular weight is 343 g/mol. The lowest BCUT2D eigenvalue weighted by atomic mass is 10.2. The predicted octanol–water partition coefficient (Wildman–Crippen LogP) is 4.03. The first-order valence-corrected chi connectivity index (χ1v) is 7.44. The minimum atomic E-state index is 0.642. The van der Waals surface area contributed by atoms with Crippen LogP contribution in [-0.2, 0) is 6.54 Å². The van der Waals surface area contributed by atoms with Crippen molar-refractivity contribution in [2.75, 3.05) is 6.54 Å². The van der Waals surface area contributed by atoms with E-state index in [1.54, 1.807) is 4.68 Å². The summed E-state index contributed by atoms with van der Waals surface area (Å²) in [5, 5.41) is 8.58. The monoisotopic (exact) mass is 341 g/mol. The summed E-state index contributed by atoms with van der Waals surface area (Å²) in [6.45, 7) is 6.14. The van der Waals surface area contributed by atoms with Crippen LogP contribution in [0.15, 0.2) is 34.9 Å². The van der Waals surface area contributed by atoms with Gasteiger partial charge in [-0.25, -0.2) is 4.68 Å². The lowest BCUT2D eigenvalue weighted by Gasteiger charge is -2.06. The third-order valence-electron chi connectivity index (χ3n) is 2.66. The highest BCUT2D eigenvalue weighted by molar-refractivity contribution is 9.10. The molecule has 5 heteroatoms. The first-order valence-electron chi connectivity index (χ1n) is 6.27. The van der Waals surface area contributed by atoms with Gasteiger partial charge in [-0.2, -0.15) is 5.10 Å². The number of benzene rings is 1. The number of aromatic nitrogens is 2. The highest BCUT2D eigenvalue weighted by Gasteiger charge is 2.06. The molecule has 0 aliphatic rings. The molecule has 0 spiro atoms. The normalized spacial score (nSPS) is 11.2. The second-order valence-electron chi connectivity index (χ2n) is 4.87. The van der Waals surface area contributed by atoms with Gasteiger partial charge >= 0.3 is 0 Å². The van der Waals surface area contributed by atoms with Crippen LogP contribution in [0, 0.1) is 5.92 Å². The van der Waals surface area contributed by atoms with E-state index >= 15 is 0 Å². The topological polar surface area (TPSA) is 29.9 Å². The van der Waals surface area contributed by atoms with Crippen LogP contribution in [0.3, 0.4) is 0 Å². The number of rotatable bonds is 5. The van der Waals surface area contributed by atoms with Gasteiger partial charge in [0.25, 0.3) is 0 Å². The molecule has 0 atom stereocenters. The molecular weight excluding hydrogens is 326 g/mol. The fourth-order valence-corrected chi connectivity index (χ4v) is 2.51. The summed E-state index contributed by atoms with van der Waals surface area (Å²) >= 11 is 9.61. The van der Waals surface area contributed by atoms with Crippen molar-refractivity contribution in [1.82, 2.24) is 15.1 Å².